The highest BCUT2D eigenvalue weighted by atomic mass is 32.2. The molecule has 134 valence electrons. The van der Waals surface area contributed by atoms with E-state index in [4.69, 9.17) is 0 Å². The number of carbonyl (C=O) groups excluding carboxylic acids is 2. The van der Waals surface area contributed by atoms with Crippen LogP contribution in [-0.4, -0.2) is 45.8 Å². The standard InChI is InChI=1S/C19H23NO4S/c1-11(2)10-20-18(24)14(9-15(21)22)16(19(20)25-4)17(23)13-8-6-5-7-12(13)3/h5-8,11,19H,9-10H2,1-4H3,(H,21,22)/t19-/m0/s1. The average molecular weight is 361 g/mol. The number of thioether (sulfide) groups is 1. The van der Waals surface area contributed by atoms with E-state index >= 15 is 0 Å². The summed E-state index contributed by atoms with van der Waals surface area (Å²) in [6.45, 7) is 6.30. The molecule has 1 aromatic rings. The van der Waals surface area contributed by atoms with Crippen LogP contribution in [0.5, 0.6) is 0 Å². The Balaban J connectivity index is 2.55. The van der Waals surface area contributed by atoms with Crippen LogP contribution < -0.4 is 0 Å². The fourth-order valence-electron chi connectivity index (χ4n) is 3.06. The molecule has 0 aromatic heterocycles. The lowest BCUT2D eigenvalue weighted by atomic mass is 9.95. The number of nitrogens with zero attached hydrogens (tertiary/aromatic N) is 1. The number of carboxylic acid groups (broad SMARTS) is 1. The summed E-state index contributed by atoms with van der Waals surface area (Å²) in [5.41, 5.74) is 1.75. The number of benzene rings is 1. The van der Waals surface area contributed by atoms with E-state index in [2.05, 4.69) is 0 Å². The largest absolute Gasteiger partial charge is 0.481 e. The highest BCUT2D eigenvalue weighted by molar-refractivity contribution is 7.99. The van der Waals surface area contributed by atoms with Gasteiger partial charge in [0.2, 0.25) is 0 Å². The highest BCUT2D eigenvalue weighted by Gasteiger charge is 2.42. The van der Waals surface area contributed by atoms with Gasteiger partial charge in [-0.1, -0.05) is 38.1 Å². The van der Waals surface area contributed by atoms with Gasteiger partial charge in [-0.05, 0) is 24.7 Å². The molecular weight excluding hydrogens is 338 g/mol. The molecule has 0 bridgehead atoms. The molecule has 0 spiro atoms. The summed E-state index contributed by atoms with van der Waals surface area (Å²) < 4.78 is 0. The Morgan fingerprint density at radius 3 is 2.44 bits per heavy atom. The third kappa shape index (κ3) is 3.95. The number of ketones is 1. The van der Waals surface area contributed by atoms with E-state index < -0.39 is 17.8 Å². The first kappa shape index (κ1) is 19.2. The Kier molecular flexibility index (Phi) is 6.06. The maximum Gasteiger partial charge on any atom is 0.308 e. The zero-order valence-electron chi connectivity index (χ0n) is 14.9. The lowest BCUT2D eigenvalue weighted by molar-refractivity contribution is -0.137. The number of hydrogen-bond donors (Lipinski definition) is 1. The quantitative estimate of drug-likeness (QED) is 0.755. The molecular formula is C19H23NO4S. The van der Waals surface area contributed by atoms with Crippen LogP contribution in [0.3, 0.4) is 0 Å². The monoisotopic (exact) mass is 361 g/mol. The van der Waals surface area contributed by atoms with Gasteiger partial charge in [0.15, 0.2) is 5.78 Å². The number of aliphatic carboxylic acids is 1. The molecule has 0 radical (unpaired) electrons. The number of aryl methyl sites for hydroxylation is 1. The average Bonchev–Trinajstić information content (AvgIpc) is 2.78. The zero-order chi connectivity index (χ0) is 18.7. The van der Waals surface area contributed by atoms with Crippen molar-refractivity contribution in [1.82, 2.24) is 4.90 Å². The molecule has 1 amide bonds. The number of hydrogen-bond acceptors (Lipinski definition) is 4. The second kappa shape index (κ2) is 7.87. The van der Waals surface area contributed by atoms with Gasteiger partial charge in [-0.15, -0.1) is 11.8 Å². The lowest BCUT2D eigenvalue weighted by Gasteiger charge is -2.27. The number of rotatable bonds is 7. The van der Waals surface area contributed by atoms with Crippen molar-refractivity contribution in [3.63, 3.8) is 0 Å². The van der Waals surface area contributed by atoms with Gasteiger partial charge >= 0.3 is 5.97 Å². The van der Waals surface area contributed by atoms with Crippen molar-refractivity contribution < 1.29 is 19.5 Å². The summed E-state index contributed by atoms with van der Waals surface area (Å²) in [4.78, 5) is 38.9. The molecule has 6 heteroatoms. The van der Waals surface area contributed by atoms with Crippen LogP contribution in [0.4, 0.5) is 0 Å². The smallest absolute Gasteiger partial charge is 0.308 e. The molecule has 1 N–H and O–H groups in total. The van der Waals surface area contributed by atoms with Gasteiger partial charge in [-0.25, -0.2) is 0 Å². The van der Waals surface area contributed by atoms with E-state index in [1.54, 1.807) is 17.0 Å². The first-order valence-electron chi connectivity index (χ1n) is 8.16. The maximum atomic E-state index is 13.2. The Morgan fingerprint density at radius 1 is 1.28 bits per heavy atom. The third-order valence-corrected chi connectivity index (χ3v) is 5.06. The van der Waals surface area contributed by atoms with Gasteiger partial charge in [0, 0.05) is 23.3 Å². The zero-order valence-corrected chi connectivity index (χ0v) is 15.7. The normalized spacial score (nSPS) is 17.6. The summed E-state index contributed by atoms with van der Waals surface area (Å²) >= 11 is 1.39. The SMILES string of the molecule is CS[C@H]1C(C(=O)c2ccccc2C)=C(CC(=O)O)C(=O)N1CC(C)C. The van der Waals surface area contributed by atoms with E-state index in [9.17, 15) is 19.5 Å². The maximum absolute atomic E-state index is 13.2. The summed E-state index contributed by atoms with van der Waals surface area (Å²) in [6.07, 6.45) is 1.40. The fourth-order valence-corrected chi connectivity index (χ4v) is 3.98. The molecule has 0 saturated carbocycles. The van der Waals surface area contributed by atoms with E-state index in [1.165, 1.54) is 11.8 Å². The number of carbonyl (C=O) groups is 3. The van der Waals surface area contributed by atoms with Crippen LogP contribution >= 0.6 is 11.8 Å². The first-order chi connectivity index (χ1) is 11.8. The lowest BCUT2D eigenvalue weighted by Crippen LogP contribution is -2.37. The van der Waals surface area contributed by atoms with Gasteiger partial charge in [0.05, 0.1) is 6.42 Å². The van der Waals surface area contributed by atoms with E-state index in [0.717, 1.165) is 5.56 Å². The Labute approximate surface area is 152 Å². The molecule has 25 heavy (non-hydrogen) atoms. The Bertz CT molecular complexity index is 739. The van der Waals surface area contributed by atoms with Crippen molar-refractivity contribution in [3.8, 4) is 0 Å². The fraction of sp³-hybridized carbons (Fsp3) is 0.421. The molecule has 1 aliphatic rings. The van der Waals surface area contributed by atoms with Gasteiger partial charge < -0.3 is 10.0 Å². The minimum absolute atomic E-state index is 0.112. The third-order valence-electron chi connectivity index (χ3n) is 4.12. The summed E-state index contributed by atoms with van der Waals surface area (Å²) in [6, 6.07) is 7.17. The molecule has 1 atom stereocenters. The molecule has 0 aliphatic carbocycles. The number of carboxylic acids is 1. The van der Waals surface area contributed by atoms with E-state index in [0.29, 0.717) is 17.7 Å². The second-order valence-corrected chi connectivity index (χ2v) is 7.46. The Morgan fingerprint density at radius 2 is 1.92 bits per heavy atom. The van der Waals surface area contributed by atoms with Crippen LogP contribution in [0.2, 0.25) is 0 Å². The summed E-state index contributed by atoms with van der Waals surface area (Å²) in [7, 11) is 0. The highest BCUT2D eigenvalue weighted by Crippen LogP contribution is 2.36. The topological polar surface area (TPSA) is 74.7 Å². The van der Waals surface area contributed by atoms with Crippen LogP contribution in [0.15, 0.2) is 35.4 Å². The molecule has 2 rings (SSSR count). The minimum Gasteiger partial charge on any atom is -0.481 e. The predicted octanol–water partition coefficient (Wildman–Crippen LogP) is 3.14. The number of amides is 1. The second-order valence-electron chi connectivity index (χ2n) is 6.55. The molecule has 0 fully saturated rings. The minimum atomic E-state index is -1.11. The van der Waals surface area contributed by atoms with Crippen LogP contribution in [0.25, 0.3) is 0 Å². The molecule has 1 aromatic carbocycles. The first-order valence-corrected chi connectivity index (χ1v) is 9.45. The molecule has 0 unspecified atom stereocenters. The molecule has 1 heterocycles. The van der Waals surface area contributed by atoms with Crippen LogP contribution in [0.1, 0.15) is 36.2 Å². The van der Waals surface area contributed by atoms with Crippen molar-refractivity contribution in [2.24, 2.45) is 5.92 Å². The predicted molar refractivity (Wildman–Crippen MR) is 98.6 cm³/mol. The van der Waals surface area contributed by atoms with Gasteiger partial charge in [-0.2, -0.15) is 0 Å². The van der Waals surface area contributed by atoms with Crippen molar-refractivity contribution in [1.29, 1.82) is 0 Å². The molecule has 1 aliphatic heterocycles. The van der Waals surface area contributed by atoms with Crippen LogP contribution in [-0.2, 0) is 9.59 Å². The van der Waals surface area contributed by atoms with Crippen molar-refractivity contribution in [2.75, 3.05) is 12.8 Å². The van der Waals surface area contributed by atoms with Gasteiger partial charge in [0.1, 0.15) is 5.37 Å². The Hall–Kier alpha value is -2.08. The van der Waals surface area contributed by atoms with E-state index in [-0.39, 0.29) is 23.2 Å². The van der Waals surface area contributed by atoms with Gasteiger partial charge in [-0.3, -0.25) is 14.4 Å². The van der Waals surface area contributed by atoms with Crippen molar-refractivity contribution in [3.05, 3.63) is 46.5 Å². The van der Waals surface area contributed by atoms with Crippen LogP contribution in [0, 0.1) is 12.8 Å². The molecule has 5 nitrogen and oxygen atoms in total. The van der Waals surface area contributed by atoms with Crippen molar-refractivity contribution in [2.45, 2.75) is 32.6 Å². The summed E-state index contributed by atoms with van der Waals surface area (Å²) in [5, 5.41) is 8.77. The van der Waals surface area contributed by atoms with Crippen molar-refractivity contribution >= 4 is 29.4 Å². The van der Waals surface area contributed by atoms with Gasteiger partial charge in [0.25, 0.3) is 5.91 Å². The molecule has 0 saturated heterocycles. The van der Waals surface area contributed by atoms with E-state index in [1.807, 2.05) is 39.2 Å². The number of Topliss-reactive ketones (excluding diaryl/α,β-unsaturated/α-hetero) is 1. The summed E-state index contributed by atoms with van der Waals surface area (Å²) in [5.74, 6) is -1.48.